The molecule has 0 spiro atoms. The molecule has 1 aromatic heterocycles. The van der Waals surface area contributed by atoms with Crippen molar-refractivity contribution in [1.82, 2.24) is 4.98 Å². The summed E-state index contributed by atoms with van der Waals surface area (Å²) in [6.45, 7) is 6.16. The second kappa shape index (κ2) is 7.79. The van der Waals surface area contributed by atoms with E-state index in [9.17, 15) is 18.4 Å². The number of hydrogen-bond acceptors (Lipinski definition) is 3. The van der Waals surface area contributed by atoms with Crippen molar-refractivity contribution in [3.8, 4) is 6.07 Å². The summed E-state index contributed by atoms with van der Waals surface area (Å²) in [6.07, 6.45) is -2.92. The summed E-state index contributed by atoms with van der Waals surface area (Å²) in [6, 6.07) is 11.3. The van der Waals surface area contributed by atoms with Crippen molar-refractivity contribution < 1.29 is 13.2 Å². The van der Waals surface area contributed by atoms with Gasteiger partial charge < -0.3 is 0 Å². The fourth-order valence-corrected chi connectivity index (χ4v) is 4.68. The van der Waals surface area contributed by atoms with Crippen molar-refractivity contribution in [3.05, 3.63) is 58.3 Å². The summed E-state index contributed by atoms with van der Waals surface area (Å²) in [5.41, 5.74) is 0.513. The van der Waals surface area contributed by atoms with Gasteiger partial charge in [0.25, 0.3) is 0 Å². The third-order valence-corrected chi connectivity index (χ3v) is 6.42. The van der Waals surface area contributed by atoms with E-state index in [1.54, 1.807) is 0 Å². The van der Waals surface area contributed by atoms with E-state index in [1.807, 2.05) is 36.4 Å². The Morgan fingerprint density at radius 1 is 1.18 bits per heavy atom. The first-order chi connectivity index (χ1) is 13.1. The molecule has 3 rings (SSSR count). The maximum absolute atomic E-state index is 14.0. The molecule has 2 nitrogen and oxygen atoms in total. The minimum atomic E-state index is -4.57. The molecule has 1 heterocycles. The minimum Gasteiger partial charge on any atom is -0.245 e. The topological polar surface area (TPSA) is 36.7 Å². The van der Waals surface area contributed by atoms with Crippen LogP contribution in [0.3, 0.4) is 0 Å². The standard InChI is InChI=1S/C22H23F3N2S/c1-21(2,3)15-9-10-18-16(11-15)19(22(23,24)25)17(12-26)20(27-18)28-13-14-7-5-4-6-8-14/h4-8,15H,9-11,13H2,1-3H3/t15-/m0/s1. The molecule has 0 unspecified atom stereocenters. The number of halogens is 3. The Balaban J connectivity index is 2.05. The third-order valence-electron chi connectivity index (χ3n) is 5.37. The maximum Gasteiger partial charge on any atom is 0.418 e. The van der Waals surface area contributed by atoms with Gasteiger partial charge in [0, 0.05) is 11.4 Å². The summed E-state index contributed by atoms with van der Waals surface area (Å²) in [4.78, 5) is 4.53. The molecule has 0 bridgehead atoms. The van der Waals surface area contributed by atoms with Gasteiger partial charge in [0.05, 0.1) is 11.1 Å². The molecule has 1 aliphatic carbocycles. The highest BCUT2D eigenvalue weighted by molar-refractivity contribution is 7.98. The number of thioether (sulfide) groups is 1. The van der Waals surface area contributed by atoms with Crippen LogP contribution in [0.5, 0.6) is 0 Å². The Hall–Kier alpha value is -2.00. The van der Waals surface area contributed by atoms with Gasteiger partial charge in [0.2, 0.25) is 0 Å². The van der Waals surface area contributed by atoms with Gasteiger partial charge in [0.15, 0.2) is 0 Å². The smallest absolute Gasteiger partial charge is 0.245 e. The number of aromatic nitrogens is 1. The fraction of sp³-hybridized carbons (Fsp3) is 0.455. The summed E-state index contributed by atoms with van der Waals surface area (Å²) < 4.78 is 42.0. The summed E-state index contributed by atoms with van der Waals surface area (Å²) in [5.74, 6) is 0.612. The molecule has 148 valence electrons. The average Bonchev–Trinajstić information content (AvgIpc) is 2.63. The van der Waals surface area contributed by atoms with Crippen LogP contribution < -0.4 is 0 Å². The largest absolute Gasteiger partial charge is 0.418 e. The van der Waals surface area contributed by atoms with E-state index in [0.29, 0.717) is 24.3 Å². The molecule has 0 N–H and O–H groups in total. The van der Waals surface area contributed by atoms with E-state index < -0.39 is 11.7 Å². The minimum absolute atomic E-state index is 0.0892. The lowest BCUT2D eigenvalue weighted by atomic mass is 9.70. The number of rotatable bonds is 3. The summed E-state index contributed by atoms with van der Waals surface area (Å²) in [7, 11) is 0. The average molecular weight is 405 g/mol. The lowest BCUT2D eigenvalue weighted by Crippen LogP contribution is -2.30. The lowest BCUT2D eigenvalue weighted by Gasteiger charge is -2.36. The first-order valence-corrected chi connectivity index (χ1v) is 10.3. The molecule has 1 aliphatic rings. The molecular weight excluding hydrogens is 381 g/mol. The number of alkyl halides is 3. The van der Waals surface area contributed by atoms with Gasteiger partial charge in [0.1, 0.15) is 11.1 Å². The van der Waals surface area contributed by atoms with Crippen LogP contribution in [0.2, 0.25) is 0 Å². The van der Waals surface area contributed by atoms with Gasteiger partial charge in [-0.05, 0) is 41.7 Å². The first-order valence-electron chi connectivity index (χ1n) is 9.31. The predicted octanol–water partition coefficient (Wildman–Crippen LogP) is 6.42. The fourth-order valence-electron chi connectivity index (χ4n) is 3.72. The highest BCUT2D eigenvalue weighted by Gasteiger charge is 2.42. The van der Waals surface area contributed by atoms with Crippen molar-refractivity contribution in [2.24, 2.45) is 11.3 Å². The number of nitrogens with zero attached hydrogens (tertiary/aromatic N) is 2. The van der Waals surface area contributed by atoms with Gasteiger partial charge in [-0.25, -0.2) is 4.98 Å². The van der Waals surface area contributed by atoms with Crippen LogP contribution in [-0.4, -0.2) is 4.98 Å². The van der Waals surface area contributed by atoms with E-state index in [0.717, 1.165) is 12.0 Å². The van der Waals surface area contributed by atoms with Gasteiger partial charge >= 0.3 is 6.18 Å². The Labute approximate surface area is 168 Å². The molecule has 6 heteroatoms. The van der Waals surface area contributed by atoms with Gasteiger partial charge in [-0.15, -0.1) is 11.8 Å². The number of aryl methyl sites for hydroxylation is 1. The van der Waals surface area contributed by atoms with E-state index in [4.69, 9.17) is 0 Å². The van der Waals surface area contributed by atoms with Crippen LogP contribution >= 0.6 is 11.8 Å². The van der Waals surface area contributed by atoms with Crippen LogP contribution in [0.4, 0.5) is 13.2 Å². The highest BCUT2D eigenvalue weighted by atomic mass is 32.2. The molecular formula is C22H23F3N2S. The summed E-state index contributed by atoms with van der Waals surface area (Å²) in [5, 5.41) is 9.77. The first kappa shape index (κ1) is 20.7. The zero-order valence-corrected chi connectivity index (χ0v) is 17.0. The second-order valence-electron chi connectivity index (χ2n) is 8.28. The van der Waals surface area contributed by atoms with Gasteiger partial charge in [-0.2, -0.15) is 18.4 Å². The predicted molar refractivity (Wildman–Crippen MR) is 105 cm³/mol. The molecule has 0 fully saturated rings. The Bertz CT molecular complexity index is 893. The summed E-state index contributed by atoms with van der Waals surface area (Å²) >= 11 is 1.20. The van der Waals surface area contributed by atoms with Crippen molar-refractivity contribution in [1.29, 1.82) is 5.26 Å². The van der Waals surface area contributed by atoms with Crippen molar-refractivity contribution in [3.63, 3.8) is 0 Å². The van der Waals surface area contributed by atoms with Gasteiger partial charge in [-0.3, -0.25) is 0 Å². The molecule has 0 saturated heterocycles. The molecule has 0 saturated carbocycles. The number of hydrogen-bond donors (Lipinski definition) is 0. The van der Waals surface area contributed by atoms with Crippen LogP contribution in [0.25, 0.3) is 0 Å². The van der Waals surface area contributed by atoms with Crippen LogP contribution in [0.1, 0.15) is 55.1 Å². The van der Waals surface area contributed by atoms with E-state index in [2.05, 4.69) is 25.8 Å². The van der Waals surface area contributed by atoms with E-state index in [1.165, 1.54) is 11.8 Å². The molecule has 2 aromatic rings. The maximum atomic E-state index is 14.0. The molecule has 0 radical (unpaired) electrons. The second-order valence-corrected chi connectivity index (χ2v) is 9.25. The number of benzene rings is 1. The Morgan fingerprint density at radius 2 is 1.86 bits per heavy atom. The van der Waals surface area contributed by atoms with Crippen LogP contribution in [-0.2, 0) is 24.8 Å². The number of fused-ring (bicyclic) bond motifs is 1. The van der Waals surface area contributed by atoms with Gasteiger partial charge in [-0.1, -0.05) is 51.1 Å². The SMILES string of the molecule is CC(C)(C)[C@H]1CCc2nc(SCc3ccccc3)c(C#N)c(C(F)(F)F)c2C1. The molecule has 0 amide bonds. The zero-order chi connectivity index (χ0) is 20.5. The third kappa shape index (κ3) is 4.35. The Kier molecular flexibility index (Phi) is 5.77. The van der Waals surface area contributed by atoms with Crippen LogP contribution in [0.15, 0.2) is 35.4 Å². The normalized spacial score (nSPS) is 17.1. The molecule has 28 heavy (non-hydrogen) atoms. The molecule has 1 atom stereocenters. The van der Waals surface area contributed by atoms with Crippen molar-refractivity contribution in [2.45, 2.75) is 57.0 Å². The quantitative estimate of drug-likeness (QED) is 0.554. The molecule has 0 aliphatic heterocycles. The molecule has 1 aromatic carbocycles. The van der Waals surface area contributed by atoms with E-state index in [-0.39, 0.29) is 27.5 Å². The van der Waals surface area contributed by atoms with Crippen molar-refractivity contribution >= 4 is 11.8 Å². The number of pyridine rings is 1. The zero-order valence-electron chi connectivity index (χ0n) is 16.2. The van der Waals surface area contributed by atoms with E-state index >= 15 is 0 Å². The monoisotopic (exact) mass is 404 g/mol. The lowest BCUT2D eigenvalue weighted by molar-refractivity contribution is -0.139. The van der Waals surface area contributed by atoms with Crippen molar-refractivity contribution in [2.75, 3.05) is 0 Å². The Morgan fingerprint density at radius 3 is 2.43 bits per heavy atom. The van der Waals surface area contributed by atoms with Crippen LogP contribution in [0, 0.1) is 22.7 Å². The highest BCUT2D eigenvalue weighted by Crippen LogP contribution is 2.45. The number of nitriles is 1.